The Morgan fingerprint density at radius 1 is 1.09 bits per heavy atom. The van der Waals surface area contributed by atoms with Gasteiger partial charge in [-0.2, -0.15) is 5.10 Å². The topological polar surface area (TPSA) is 93.5 Å². The van der Waals surface area contributed by atoms with Crippen molar-refractivity contribution in [1.82, 2.24) is 9.78 Å². The highest BCUT2D eigenvalue weighted by molar-refractivity contribution is 6.05. The van der Waals surface area contributed by atoms with Gasteiger partial charge in [0.25, 0.3) is 5.91 Å². The number of hydrogen-bond donors (Lipinski definition) is 1. The second-order valence-electron chi connectivity index (χ2n) is 8.34. The molecular formula is C26H28N4O4. The van der Waals surface area contributed by atoms with Crippen molar-refractivity contribution in [3.05, 3.63) is 71.0 Å². The molecule has 0 saturated carbocycles. The number of carbonyl (C=O) groups is 3. The van der Waals surface area contributed by atoms with E-state index in [4.69, 9.17) is 4.74 Å². The Kier molecular flexibility index (Phi) is 6.77. The van der Waals surface area contributed by atoms with Gasteiger partial charge in [-0.3, -0.25) is 14.4 Å². The Morgan fingerprint density at radius 2 is 1.85 bits per heavy atom. The Morgan fingerprint density at radius 3 is 2.53 bits per heavy atom. The monoisotopic (exact) mass is 460 g/mol. The molecule has 0 aliphatic carbocycles. The summed E-state index contributed by atoms with van der Waals surface area (Å²) in [5, 5.41) is 7.52. The zero-order valence-electron chi connectivity index (χ0n) is 19.6. The van der Waals surface area contributed by atoms with E-state index in [0.29, 0.717) is 37.1 Å². The van der Waals surface area contributed by atoms with Gasteiger partial charge in [0.15, 0.2) is 0 Å². The largest absolute Gasteiger partial charge is 0.469 e. The van der Waals surface area contributed by atoms with Crippen molar-refractivity contribution in [1.29, 1.82) is 0 Å². The first-order valence-corrected chi connectivity index (χ1v) is 11.3. The maximum absolute atomic E-state index is 12.8. The van der Waals surface area contributed by atoms with Crippen LogP contribution in [0.3, 0.4) is 0 Å². The molecule has 0 unspecified atom stereocenters. The van der Waals surface area contributed by atoms with Gasteiger partial charge in [0.1, 0.15) is 0 Å². The molecule has 8 nitrogen and oxygen atoms in total. The van der Waals surface area contributed by atoms with Crippen molar-refractivity contribution in [3.63, 3.8) is 0 Å². The third-order valence-electron chi connectivity index (χ3n) is 6.11. The van der Waals surface area contributed by atoms with E-state index in [1.807, 2.05) is 54.9 Å². The summed E-state index contributed by atoms with van der Waals surface area (Å²) in [6.45, 7) is 4.58. The smallest absolute Gasteiger partial charge is 0.305 e. The lowest BCUT2D eigenvalue weighted by molar-refractivity contribution is -0.140. The summed E-state index contributed by atoms with van der Waals surface area (Å²) in [5.41, 5.74) is 5.60. The van der Waals surface area contributed by atoms with Crippen molar-refractivity contribution in [3.8, 4) is 5.69 Å². The Hall–Kier alpha value is -3.94. The summed E-state index contributed by atoms with van der Waals surface area (Å²) >= 11 is 0. The van der Waals surface area contributed by atoms with Crippen LogP contribution in [0.5, 0.6) is 0 Å². The Bertz CT molecular complexity index is 1230. The Labute approximate surface area is 198 Å². The van der Waals surface area contributed by atoms with Crippen LogP contribution in [-0.2, 0) is 20.7 Å². The summed E-state index contributed by atoms with van der Waals surface area (Å²) in [5.74, 6) is -0.375. The number of benzene rings is 2. The second kappa shape index (κ2) is 9.91. The standard InChI is InChI=1S/C26H28N4O4/c1-17-23(13-14-25(32)34-3)18(2)30(28-17)21-11-9-19(10-12-21)26(33)27-20-6-4-7-22(16-20)29-15-5-8-24(29)31/h4,6-7,9-12,16H,5,8,13-15H2,1-3H3,(H,27,33). The minimum atomic E-state index is -0.250. The average molecular weight is 461 g/mol. The number of esters is 1. The summed E-state index contributed by atoms with van der Waals surface area (Å²) < 4.78 is 6.56. The van der Waals surface area contributed by atoms with Gasteiger partial charge in [-0.25, -0.2) is 4.68 Å². The fourth-order valence-corrected chi connectivity index (χ4v) is 4.25. The Balaban J connectivity index is 1.46. The highest BCUT2D eigenvalue weighted by Gasteiger charge is 2.22. The number of nitrogens with zero attached hydrogens (tertiary/aromatic N) is 3. The van der Waals surface area contributed by atoms with Gasteiger partial charge in [0.05, 0.1) is 18.5 Å². The van der Waals surface area contributed by atoms with Crippen LogP contribution in [0.1, 0.15) is 46.6 Å². The summed E-state index contributed by atoms with van der Waals surface area (Å²) in [6.07, 6.45) is 2.28. The number of ether oxygens (including phenoxy) is 1. The molecule has 1 aliphatic heterocycles. The molecule has 1 aliphatic rings. The van der Waals surface area contributed by atoms with E-state index in [1.54, 1.807) is 17.0 Å². The molecule has 34 heavy (non-hydrogen) atoms. The van der Waals surface area contributed by atoms with Gasteiger partial charge < -0.3 is 15.0 Å². The summed E-state index contributed by atoms with van der Waals surface area (Å²) in [6, 6.07) is 14.5. The third-order valence-corrected chi connectivity index (χ3v) is 6.11. The SMILES string of the molecule is COC(=O)CCc1c(C)nn(-c2ccc(C(=O)Nc3cccc(N4CCCC4=O)c3)cc2)c1C. The van der Waals surface area contributed by atoms with Crippen LogP contribution in [0.15, 0.2) is 48.5 Å². The van der Waals surface area contributed by atoms with Crippen molar-refractivity contribution < 1.29 is 19.1 Å². The molecular weight excluding hydrogens is 432 g/mol. The minimum absolute atomic E-state index is 0.108. The summed E-state index contributed by atoms with van der Waals surface area (Å²) in [4.78, 5) is 38.1. The lowest BCUT2D eigenvalue weighted by Gasteiger charge is -2.16. The van der Waals surface area contributed by atoms with Crippen LogP contribution in [0.2, 0.25) is 0 Å². The molecule has 0 radical (unpaired) electrons. The van der Waals surface area contributed by atoms with Crippen LogP contribution < -0.4 is 10.2 Å². The lowest BCUT2D eigenvalue weighted by atomic mass is 10.1. The second-order valence-corrected chi connectivity index (χ2v) is 8.34. The summed E-state index contributed by atoms with van der Waals surface area (Å²) in [7, 11) is 1.38. The van der Waals surface area contributed by atoms with Crippen LogP contribution >= 0.6 is 0 Å². The van der Waals surface area contributed by atoms with Gasteiger partial charge >= 0.3 is 5.97 Å². The van der Waals surface area contributed by atoms with Crippen LogP contribution in [0.25, 0.3) is 5.69 Å². The number of carbonyl (C=O) groups excluding carboxylic acids is 3. The fraction of sp³-hybridized carbons (Fsp3) is 0.308. The molecule has 4 rings (SSSR count). The number of anilines is 2. The van der Waals surface area contributed by atoms with E-state index >= 15 is 0 Å². The van der Waals surface area contributed by atoms with Gasteiger partial charge in [-0.05, 0) is 74.7 Å². The first kappa shape index (κ1) is 23.2. The van der Waals surface area contributed by atoms with E-state index in [-0.39, 0.29) is 17.8 Å². The van der Waals surface area contributed by atoms with E-state index < -0.39 is 0 Å². The number of methoxy groups -OCH3 is 1. The molecule has 8 heteroatoms. The van der Waals surface area contributed by atoms with E-state index in [2.05, 4.69) is 10.4 Å². The fourth-order valence-electron chi connectivity index (χ4n) is 4.25. The van der Waals surface area contributed by atoms with Crippen molar-refractivity contribution >= 4 is 29.2 Å². The minimum Gasteiger partial charge on any atom is -0.469 e. The molecule has 3 aromatic rings. The predicted molar refractivity (Wildman–Crippen MR) is 129 cm³/mol. The molecule has 2 aromatic carbocycles. The zero-order chi connectivity index (χ0) is 24.2. The van der Waals surface area contributed by atoms with Gasteiger partial charge in [0.2, 0.25) is 5.91 Å². The van der Waals surface area contributed by atoms with E-state index in [0.717, 1.165) is 34.7 Å². The number of hydrogen-bond acceptors (Lipinski definition) is 5. The molecule has 2 amide bonds. The number of amides is 2. The molecule has 1 N–H and O–H groups in total. The van der Waals surface area contributed by atoms with Crippen molar-refractivity contribution in [2.75, 3.05) is 23.9 Å². The molecule has 1 saturated heterocycles. The van der Waals surface area contributed by atoms with Gasteiger partial charge in [0, 0.05) is 42.0 Å². The molecule has 1 fully saturated rings. The molecule has 176 valence electrons. The van der Waals surface area contributed by atoms with Crippen LogP contribution in [0, 0.1) is 13.8 Å². The average Bonchev–Trinajstić information content (AvgIpc) is 3.40. The zero-order valence-corrected chi connectivity index (χ0v) is 19.6. The number of aryl methyl sites for hydroxylation is 1. The molecule has 0 bridgehead atoms. The maximum atomic E-state index is 12.8. The van der Waals surface area contributed by atoms with Crippen molar-refractivity contribution in [2.24, 2.45) is 0 Å². The lowest BCUT2D eigenvalue weighted by Crippen LogP contribution is -2.23. The number of aromatic nitrogens is 2. The number of nitrogens with one attached hydrogen (secondary N) is 1. The van der Waals surface area contributed by atoms with Gasteiger partial charge in [-0.15, -0.1) is 0 Å². The quantitative estimate of drug-likeness (QED) is 0.539. The first-order chi connectivity index (χ1) is 16.4. The van der Waals surface area contributed by atoms with Crippen LogP contribution in [0.4, 0.5) is 11.4 Å². The van der Waals surface area contributed by atoms with Crippen LogP contribution in [-0.4, -0.2) is 41.2 Å². The number of rotatable bonds is 7. The van der Waals surface area contributed by atoms with Gasteiger partial charge in [-0.1, -0.05) is 6.07 Å². The van der Waals surface area contributed by atoms with E-state index in [1.165, 1.54) is 7.11 Å². The molecule has 1 aromatic heterocycles. The molecule has 0 spiro atoms. The maximum Gasteiger partial charge on any atom is 0.305 e. The molecule has 0 atom stereocenters. The molecule has 2 heterocycles. The highest BCUT2D eigenvalue weighted by Crippen LogP contribution is 2.25. The van der Waals surface area contributed by atoms with Crippen molar-refractivity contribution in [2.45, 2.75) is 39.5 Å². The normalized spacial score (nSPS) is 13.3. The predicted octanol–water partition coefficient (Wildman–Crippen LogP) is 3.97. The van der Waals surface area contributed by atoms with E-state index in [9.17, 15) is 14.4 Å². The first-order valence-electron chi connectivity index (χ1n) is 11.3. The third kappa shape index (κ3) is 4.85. The highest BCUT2D eigenvalue weighted by atomic mass is 16.5.